The van der Waals surface area contributed by atoms with E-state index in [1.54, 1.807) is 9.80 Å². The highest BCUT2D eigenvalue weighted by Gasteiger charge is 2.27. The van der Waals surface area contributed by atoms with Crippen molar-refractivity contribution in [3.05, 3.63) is 30.1 Å². The van der Waals surface area contributed by atoms with Gasteiger partial charge in [0, 0.05) is 39.2 Å². The molecule has 2 amide bonds. The number of halogens is 1. The van der Waals surface area contributed by atoms with Gasteiger partial charge >= 0.3 is 5.97 Å². The van der Waals surface area contributed by atoms with Crippen molar-refractivity contribution in [3.8, 4) is 5.75 Å². The number of benzene rings is 1. The molecule has 1 heterocycles. The van der Waals surface area contributed by atoms with Crippen molar-refractivity contribution in [2.24, 2.45) is 0 Å². The molecule has 1 aliphatic heterocycles. The lowest BCUT2D eigenvalue weighted by atomic mass is 10.2. The van der Waals surface area contributed by atoms with E-state index in [1.165, 1.54) is 32.0 Å². The molecule has 1 atom stereocenters. The minimum absolute atomic E-state index is 0.0268. The standard InChI is InChI=1S/C17H21FN2O5/c1-12(17(23)20-8-6-19(7-9-20)13(2)21)25-16(22)11-24-15-5-3-4-14(18)10-15/h3-5,10,12H,6-9,11H2,1-2H3. The average molecular weight is 352 g/mol. The molecule has 0 bridgehead atoms. The van der Waals surface area contributed by atoms with Crippen molar-refractivity contribution in [1.82, 2.24) is 9.80 Å². The lowest BCUT2D eigenvalue weighted by Gasteiger charge is -2.35. The number of piperazine rings is 1. The maximum Gasteiger partial charge on any atom is 0.344 e. The van der Waals surface area contributed by atoms with Crippen molar-refractivity contribution in [3.63, 3.8) is 0 Å². The topological polar surface area (TPSA) is 76.2 Å². The van der Waals surface area contributed by atoms with Crippen molar-refractivity contribution in [2.45, 2.75) is 20.0 Å². The third-order valence-electron chi connectivity index (χ3n) is 3.85. The first kappa shape index (κ1) is 18.7. The molecule has 0 aromatic heterocycles. The number of rotatable bonds is 5. The Morgan fingerprint density at radius 1 is 1.16 bits per heavy atom. The fraction of sp³-hybridized carbons (Fsp3) is 0.471. The van der Waals surface area contributed by atoms with Crippen LogP contribution in [0.25, 0.3) is 0 Å². The summed E-state index contributed by atoms with van der Waals surface area (Å²) in [5.41, 5.74) is 0. The Labute approximate surface area is 145 Å². The van der Waals surface area contributed by atoms with Gasteiger partial charge in [-0.3, -0.25) is 9.59 Å². The Balaban J connectivity index is 1.76. The van der Waals surface area contributed by atoms with Crippen LogP contribution < -0.4 is 4.74 Å². The number of hydrogen-bond donors (Lipinski definition) is 0. The molecule has 1 unspecified atom stereocenters. The van der Waals surface area contributed by atoms with Crippen LogP contribution in [0.4, 0.5) is 4.39 Å². The fourth-order valence-corrected chi connectivity index (χ4v) is 2.48. The van der Waals surface area contributed by atoms with Gasteiger partial charge in [-0.25, -0.2) is 9.18 Å². The van der Waals surface area contributed by atoms with Crippen molar-refractivity contribution >= 4 is 17.8 Å². The molecule has 0 spiro atoms. The Hall–Kier alpha value is -2.64. The number of carbonyl (C=O) groups excluding carboxylic acids is 3. The second kappa shape index (κ2) is 8.46. The van der Waals surface area contributed by atoms with E-state index >= 15 is 0 Å². The summed E-state index contributed by atoms with van der Waals surface area (Å²) in [6.07, 6.45) is -0.951. The monoisotopic (exact) mass is 352 g/mol. The number of carbonyl (C=O) groups is 3. The van der Waals surface area contributed by atoms with Crippen LogP contribution in [0.1, 0.15) is 13.8 Å². The summed E-state index contributed by atoms with van der Waals surface area (Å²) in [5, 5.41) is 0. The smallest absolute Gasteiger partial charge is 0.344 e. The van der Waals surface area contributed by atoms with Crippen LogP contribution in [0.3, 0.4) is 0 Å². The molecule has 1 aromatic carbocycles. The normalized spacial score (nSPS) is 15.5. The predicted molar refractivity (Wildman–Crippen MR) is 86.3 cm³/mol. The second-order valence-corrected chi connectivity index (χ2v) is 5.71. The summed E-state index contributed by atoms with van der Waals surface area (Å²) in [6, 6.07) is 5.39. The zero-order chi connectivity index (χ0) is 18.4. The van der Waals surface area contributed by atoms with Crippen LogP contribution in [0.5, 0.6) is 5.75 Å². The number of hydrogen-bond acceptors (Lipinski definition) is 5. The molecule has 0 saturated carbocycles. The lowest BCUT2D eigenvalue weighted by Crippen LogP contribution is -2.52. The minimum atomic E-state index is -0.951. The van der Waals surface area contributed by atoms with Gasteiger partial charge in [-0.05, 0) is 19.1 Å². The van der Waals surface area contributed by atoms with Gasteiger partial charge in [0.2, 0.25) is 5.91 Å². The zero-order valence-electron chi connectivity index (χ0n) is 14.2. The Kier molecular flexibility index (Phi) is 6.32. The third kappa shape index (κ3) is 5.44. The van der Waals surface area contributed by atoms with E-state index in [4.69, 9.17) is 9.47 Å². The molecule has 25 heavy (non-hydrogen) atoms. The molecule has 8 heteroatoms. The molecular weight excluding hydrogens is 331 g/mol. The van der Waals surface area contributed by atoms with Crippen LogP contribution in [0, 0.1) is 5.82 Å². The highest BCUT2D eigenvalue weighted by Crippen LogP contribution is 2.12. The summed E-state index contributed by atoms with van der Waals surface area (Å²) in [6.45, 7) is 4.29. The molecule has 0 N–H and O–H groups in total. The maximum absolute atomic E-state index is 13.0. The first-order valence-electron chi connectivity index (χ1n) is 7.99. The van der Waals surface area contributed by atoms with Gasteiger partial charge < -0.3 is 19.3 Å². The molecule has 0 radical (unpaired) electrons. The molecular formula is C17H21FN2O5. The Morgan fingerprint density at radius 2 is 1.80 bits per heavy atom. The second-order valence-electron chi connectivity index (χ2n) is 5.71. The number of nitrogens with zero attached hydrogens (tertiary/aromatic N) is 2. The molecule has 7 nitrogen and oxygen atoms in total. The summed E-state index contributed by atoms with van der Waals surface area (Å²) >= 11 is 0. The number of amides is 2. The predicted octanol–water partition coefficient (Wildman–Crippen LogP) is 0.827. The van der Waals surface area contributed by atoms with Gasteiger partial charge in [0.25, 0.3) is 5.91 Å². The molecule has 1 fully saturated rings. The third-order valence-corrected chi connectivity index (χ3v) is 3.85. The van der Waals surface area contributed by atoms with E-state index in [0.717, 1.165) is 6.07 Å². The fourth-order valence-electron chi connectivity index (χ4n) is 2.48. The van der Waals surface area contributed by atoms with E-state index in [9.17, 15) is 18.8 Å². The molecule has 1 saturated heterocycles. The van der Waals surface area contributed by atoms with Gasteiger partial charge in [-0.1, -0.05) is 6.07 Å². The van der Waals surface area contributed by atoms with E-state index in [-0.39, 0.29) is 17.6 Å². The highest BCUT2D eigenvalue weighted by molar-refractivity contribution is 5.84. The van der Waals surface area contributed by atoms with Crippen LogP contribution in [0.2, 0.25) is 0 Å². The van der Waals surface area contributed by atoms with Gasteiger partial charge in [0.05, 0.1) is 0 Å². The molecule has 1 aromatic rings. The summed E-state index contributed by atoms with van der Waals surface area (Å²) in [7, 11) is 0. The SMILES string of the molecule is CC(=O)N1CCN(C(=O)C(C)OC(=O)COc2cccc(F)c2)CC1. The summed E-state index contributed by atoms with van der Waals surface area (Å²) < 4.78 is 23.2. The van der Waals surface area contributed by atoms with Crippen LogP contribution in [-0.4, -0.2) is 66.5 Å². The van der Waals surface area contributed by atoms with Crippen LogP contribution in [0.15, 0.2) is 24.3 Å². The molecule has 0 aliphatic carbocycles. The molecule has 2 rings (SSSR count). The van der Waals surface area contributed by atoms with Crippen molar-refractivity contribution in [1.29, 1.82) is 0 Å². The van der Waals surface area contributed by atoms with Crippen molar-refractivity contribution in [2.75, 3.05) is 32.8 Å². The number of ether oxygens (including phenoxy) is 2. The first-order chi connectivity index (χ1) is 11.9. The van der Waals surface area contributed by atoms with Gasteiger partial charge in [-0.2, -0.15) is 0 Å². The number of esters is 1. The van der Waals surface area contributed by atoms with E-state index in [1.807, 2.05) is 0 Å². The van der Waals surface area contributed by atoms with Gasteiger partial charge in [-0.15, -0.1) is 0 Å². The van der Waals surface area contributed by atoms with Crippen LogP contribution >= 0.6 is 0 Å². The Bertz CT molecular complexity index is 644. The van der Waals surface area contributed by atoms with Crippen molar-refractivity contribution < 1.29 is 28.2 Å². The van der Waals surface area contributed by atoms with E-state index < -0.39 is 24.5 Å². The molecule has 136 valence electrons. The maximum atomic E-state index is 13.0. The lowest BCUT2D eigenvalue weighted by molar-refractivity contribution is -0.161. The highest BCUT2D eigenvalue weighted by atomic mass is 19.1. The largest absolute Gasteiger partial charge is 0.482 e. The zero-order valence-corrected chi connectivity index (χ0v) is 14.2. The summed E-state index contributed by atoms with van der Waals surface area (Å²) in [5.74, 6) is -1.33. The van der Waals surface area contributed by atoms with Gasteiger partial charge in [0.15, 0.2) is 12.7 Å². The molecule has 1 aliphatic rings. The Morgan fingerprint density at radius 3 is 2.40 bits per heavy atom. The van der Waals surface area contributed by atoms with Crippen LogP contribution in [-0.2, 0) is 19.1 Å². The first-order valence-corrected chi connectivity index (χ1v) is 7.99. The quantitative estimate of drug-likeness (QED) is 0.734. The summed E-state index contributed by atoms with van der Waals surface area (Å²) in [4.78, 5) is 38.6. The van der Waals surface area contributed by atoms with E-state index in [0.29, 0.717) is 26.2 Å². The minimum Gasteiger partial charge on any atom is -0.482 e. The average Bonchev–Trinajstić information content (AvgIpc) is 2.59. The van der Waals surface area contributed by atoms with Gasteiger partial charge in [0.1, 0.15) is 11.6 Å². The van der Waals surface area contributed by atoms with E-state index in [2.05, 4.69) is 0 Å².